The third-order valence-electron chi connectivity index (χ3n) is 3.44. The SMILES string of the molecule is Cc1cc(OCC(O)CNC2CCOCC2)ccc1Cl.Cl. The first-order valence-electron chi connectivity index (χ1n) is 7.03. The van der Waals surface area contributed by atoms with Crippen LogP contribution in [0.4, 0.5) is 0 Å². The molecule has 1 unspecified atom stereocenters. The average Bonchev–Trinajstić information content (AvgIpc) is 2.47. The summed E-state index contributed by atoms with van der Waals surface area (Å²) in [6.07, 6.45) is 1.49. The molecule has 1 aliphatic heterocycles. The minimum absolute atomic E-state index is 0. The number of benzene rings is 1. The summed E-state index contributed by atoms with van der Waals surface area (Å²) in [5, 5.41) is 14.0. The molecular weight excluding hydrogens is 313 g/mol. The zero-order valence-corrected chi connectivity index (χ0v) is 13.8. The summed E-state index contributed by atoms with van der Waals surface area (Å²) in [6, 6.07) is 5.93. The number of ether oxygens (including phenoxy) is 2. The van der Waals surface area contributed by atoms with E-state index >= 15 is 0 Å². The highest BCUT2D eigenvalue weighted by molar-refractivity contribution is 6.31. The van der Waals surface area contributed by atoms with Crippen LogP contribution in [0.15, 0.2) is 18.2 Å². The summed E-state index contributed by atoms with van der Waals surface area (Å²) >= 11 is 5.95. The molecule has 4 nitrogen and oxygen atoms in total. The lowest BCUT2D eigenvalue weighted by Gasteiger charge is -2.24. The number of aliphatic hydroxyl groups is 1. The molecule has 0 spiro atoms. The maximum Gasteiger partial charge on any atom is 0.119 e. The van der Waals surface area contributed by atoms with Gasteiger partial charge < -0.3 is 19.9 Å². The quantitative estimate of drug-likeness (QED) is 0.838. The third-order valence-corrected chi connectivity index (χ3v) is 3.86. The number of rotatable bonds is 6. The summed E-state index contributed by atoms with van der Waals surface area (Å²) < 4.78 is 10.9. The molecule has 6 heteroatoms. The number of aliphatic hydroxyl groups excluding tert-OH is 1. The number of hydrogen-bond donors (Lipinski definition) is 2. The van der Waals surface area contributed by atoms with Crippen molar-refractivity contribution in [2.45, 2.75) is 31.9 Å². The lowest BCUT2D eigenvalue weighted by atomic mass is 10.1. The minimum Gasteiger partial charge on any atom is -0.491 e. The van der Waals surface area contributed by atoms with Crippen molar-refractivity contribution in [3.63, 3.8) is 0 Å². The smallest absolute Gasteiger partial charge is 0.119 e. The molecule has 120 valence electrons. The Morgan fingerprint density at radius 1 is 1.43 bits per heavy atom. The van der Waals surface area contributed by atoms with Crippen LogP contribution in [0, 0.1) is 6.92 Å². The average molecular weight is 336 g/mol. The summed E-state index contributed by atoms with van der Waals surface area (Å²) in [4.78, 5) is 0. The van der Waals surface area contributed by atoms with Gasteiger partial charge in [0.1, 0.15) is 18.5 Å². The third kappa shape index (κ3) is 6.41. The van der Waals surface area contributed by atoms with Gasteiger partial charge in [-0.05, 0) is 43.5 Å². The highest BCUT2D eigenvalue weighted by atomic mass is 35.5. The molecule has 0 bridgehead atoms. The molecule has 1 aliphatic rings. The van der Waals surface area contributed by atoms with Gasteiger partial charge in [-0.25, -0.2) is 0 Å². The van der Waals surface area contributed by atoms with Crippen molar-refractivity contribution in [2.24, 2.45) is 0 Å². The van der Waals surface area contributed by atoms with Gasteiger partial charge in [-0.3, -0.25) is 0 Å². The van der Waals surface area contributed by atoms with Crippen molar-refractivity contribution in [3.05, 3.63) is 28.8 Å². The minimum atomic E-state index is -0.520. The lowest BCUT2D eigenvalue weighted by Crippen LogP contribution is -2.40. The van der Waals surface area contributed by atoms with Crippen LogP contribution in [0.25, 0.3) is 0 Å². The Morgan fingerprint density at radius 2 is 2.14 bits per heavy atom. The van der Waals surface area contributed by atoms with Crippen LogP contribution in [-0.4, -0.2) is 43.6 Å². The second-order valence-electron chi connectivity index (χ2n) is 5.17. The maximum atomic E-state index is 9.92. The molecule has 2 N–H and O–H groups in total. The Kier molecular flexibility index (Phi) is 8.37. The summed E-state index contributed by atoms with van der Waals surface area (Å²) in [5.74, 6) is 0.733. The standard InChI is InChI=1S/C15H22ClNO3.ClH/c1-11-8-14(2-3-15(11)16)20-10-13(18)9-17-12-4-6-19-7-5-12;/h2-3,8,12-13,17-18H,4-7,9-10H2,1H3;1H. The highest BCUT2D eigenvalue weighted by Gasteiger charge is 2.14. The normalized spacial score (nSPS) is 17.1. The Hall–Kier alpha value is -0.520. The van der Waals surface area contributed by atoms with Gasteiger partial charge in [0, 0.05) is 30.8 Å². The van der Waals surface area contributed by atoms with Crippen LogP contribution in [0.5, 0.6) is 5.75 Å². The van der Waals surface area contributed by atoms with Crippen molar-refractivity contribution in [3.8, 4) is 5.75 Å². The van der Waals surface area contributed by atoms with E-state index in [1.807, 2.05) is 19.1 Å². The largest absolute Gasteiger partial charge is 0.491 e. The molecule has 0 aliphatic carbocycles. The molecule has 21 heavy (non-hydrogen) atoms. The van der Waals surface area contributed by atoms with Gasteiger partial charge in [0.15, 0.2) is 0 Å². The van der Waals surface area contributed by atoms with E-state index < -0.39 is 6.10 Å². The monoisotopic (exact) mass is 335 g/mol. The van der Waals surface area contributed by atoms with E-state index in [-0.39, 0.29) is 19.0 Å². The zero-order valence-electron chi connectivity index (χ0n) is 12.2. The van der Waals surface area contributed by atoms with Gasteiger partial charge in [0.05, 0.1) is 0 Å². The maximum absolute atomic E-state index is 9.92. The number of hydrogen-bond acceptors (Lipinski definition) is 4. The van der Waals surface area contributed by atoms with Gasteiger partial charge in [0.2, 0.25) is 0 Å². The van der Waals surface area contributed by atoms with Crippen LogP contribution < -0.4 is 10.1 Å². The van der Waals surface area contributed by atoms with Crippen molar-refractivity contribution in [2.75, 3.05) is 26.4 Å². The van der Waals surface area contributed by atoms with Crippen LogP contribution in [0.2, 0.25) is 5.02 Å². The molecule has 1 heterocycles. The summed E-state index contributed by atoms with van der Waals surface area (Å²) in [5.41, 5.74) is 0.971. The fourth-order valence-electron chi connectivity index (χ4n) is 2.16. The van der Waals surface area contributed by atoms with Crippen LogP contribution in [0.3, 0.4) is 0 Å². The van der Waals surface area contributed by atoms with Crippen molar-refractivity contribution in [1.82, 2.24) is 5.32 Å². The molecule has 1 aromatic carbocycles. The Morgan fingerprint density at radius 3 is 2.81 bits per heavy atom. The van der Waals surface area contributed by atoms with Gasteiger partial charge in [-0.1, -0.05) is 11.6 Å². The molecular formula is C15H23Cl2NO3. The Balaban J connectivity index is 0.00000220. The first-order chi connectivity index (χ1) is 9.65. The predicted molar refractivity (Wildman–Crippen MR) is 86.8 cm³/mol. The summed E-state index contributed by atoms with van der Waals surface area (Å²) in [6.45, 7) is 4.34. The molecule has 2 rings (SSSR count). The molecule has 0 radical (unpaired) electrons. The van der Waals surface area contributed by atoms with E-state index in [0.717, 1.165) is 42.4 Å². The summed E-state index contributed by atoms with van der Waals surface area (Å²) in [7, 11) is 0. The first kappa shape index (κ1) is 18.5. The molecule has 1 aromatic rings. The van der Waals surface area contributed by atoms with Gasteiger partial charge >= 0.3 is 0 Å². The fourth-order valence-corrected chi connectivity index (χ4v) is 2.28. The molecule has 0 saturated carbocycles. The van der Waals surface area contributed by atoms with E-state index in [9.17, 15) is 5.11 Å². The topological polar surface area (TPSA) is 50.7 Å². The predicted octanol–water partition coefficient (Wildman–Crippen LogP) is 2.58. The van der Waals surface area contributed by atoms with Crippen LogP contribution in [-0.2, 0) is 4.74 Å². The molecule has 0 aromatic heterocycles. The molecule has 1 atom stereocenters. The molecule has 1 fully saturated rings. The van der Waals surface area contributed by atoms with E-state index in [0.29, 0.717) is 12.6 Å². The second kappa shape index (κ2) is 9.49. The number of halogens is 2. The van der Waals surface area contributed by atoms with E-state index in [4.69, 9.17) is 21.1 Å². The van der Waals surface area contributed by atoms with Gasteiger partial charge in [-0.2, -0.15) is 0 Å². The highest BCUT2D eigenvalue weighted by Crippen LogP contribution is 2.21. The molecule has 0 amide bonds. The molecule has 1 saturated heterocycles. The fraction of sp³-hybridized carbons (Fsp3) is 0.600. The number of aryl methyl sites for hydroxylation is 1. The first-order valence-corrected chi connectivity index (χ1v) is 7.41. The zero-order chi connectivity index (χ0) is 14.4. The Bertz CT molecular complexity index is 425. The van der Waals surface area contributed by atoms with E-state index in [2.05, 4.69) is 5.32 Å². The van der Waals surface area contributed by atoms with Gasteiger partial charge in [0.25, 0.3) is 0 Å². The number of nitrogens with one attached hydrogen (secondary N) is 1. The van der Waals surface area contributed by atoms with Crippen LogP contribution >= 0.6 is 24.0 Å². The van der Waals surface area contributed by atoms with Crippen molar-refractivity contribution in [1.29, 1.82) is 0 Å². The van der Waals surface area contributed by atoms with Gasteiger partial charge in [-0.15, -0.1) is 12.4 Å². The van der Waals surface area contributed by atoms with Crippen LogP contribution in [0.1, 0.15) is 18.4 Å². The van der Waals surface area contributed by atoms with E-state index in [1.165, 1.54) is 0 Å². The lowest BCUT2D eigenvalue weighted by molar-refractivity contribution is 0.0655. The van der Waals surface area contributed by atoms with Crippen molar-refractivity contribution >= 4 is 24.0 Å². The van der Waals surface area contributed by atoms with E-state index in [1.54, 1.807) is 6.07 Å². The van der Waals surface area contributed by atoms with Crippen molar-refractivity contribution < 1.29 is 14.6 Å². The Labute approximate surface area is 137 Å². The second-order valence-corrected chi connectivity index (χ2v) is 5.58.